The minimum atomic E-state index is -4.70. The van der Waals surface area contributed by atoms with Crippen molar-refractivity contribution in [3.05, 3.63) is 152 Å². The first-order chi connectivity index (χ1) is 27.3. The molecule has 0 unspecified atom stereocenters. The van der Waals surface area contributed by atoms with Crippen LogP contribution in [0, 0.1) is 0 Å². The first kappa shape index (κ1) is 43.6. The molecule has 0 saturated heterocycles. The summed E-state index contributed by atoms with van der Waals surface area (Å²) in [5, 5.41) is 10.2. The largest absolute Gasteiger partial charge is 0.478 e. The van der Waals surface area contributed by atoms with E-state index in [0.29, 0.717) is 10.0 Å². The van der Waals surface area contributed by atoms with Crippen LogP contribution in [0.3, 0.4) is 0 Å². The Balaban J connectivity index is 0.000000221. The van der Waals surface area contributed by atoms with Crippen LogP contribution in [0.2, 0.25) is 20.1 Å². The van der Waals surface area contributed by atoms with E-state index in [1.807, 2.05) is 0 Å². The Morgan fingerprint density at radius 3 is 1.43 bits per heavy atom. The summed E-state index contributed by atoms with van der Waals surface area (Å²) in [6.45, 7) is 1.77. The number of pyridine rings is 2. The van der Waals surface area contributed by atoms with Gasteiger partial charge >= 0.3 is 24.3 Å². The first-order valence-corrected chi connectivity index (χ1v) is 17.9. The van der Waals surface area contributed by atoms with Crippen molar-refractivity contribution in [2.75, 3.05) is 6.61 Å². The van der Waals surface area contributed by atoms with Crippen LogP contribution in [0.15, 0.2) is 109 Å². The number of ether oxygens (including phenoxy) is 3. The molecule has 8 nitrogen and oxygen atoms in total. The summed E-state index contributed by atoms with van der Waals surface area (Å²) in [6.07, 6.45) is -9.36. The number of rotatable bonds is 9. The highest BCUT2D eigenvalue weighted by molar-refractivity contribution is 6.36. The molecule has 18 heteroatoms. The predicted octanol–water partition coefficient (Wildman–Crippen LogP) is 13.6. The van der Waals surface area contributed by atoms with Crippen LogP contribution >= 0.6 is 46.4 Å². The molecule has 0 saturated carbocycles. The van der Waals surface area contributed by atoms with Crippen LogP contribution in [0.1, 0.15) is 38.8 Å². The number of carbonyl (C=O) groups is 2. The summed E-state index contributed by atoms with van der Waals surface area (Å²) in [5.74, 6) is -1.83. The van der Waals surface area contributed by atoms with Gasteiger partial charge in [0.05, 0.1) is 50.3 Å². The average Bonchev–Trinajstić information content (AvgIpc) is 3.16. The molecule has 0 aliphatic carbocycles. The minimum absolute atomic E-state index is 0.0140. The van der Waals surface area contributed by atoms with Gasteiger partial charge in [-0.1, -0.05) is 70.7 Å². The first-order valence-electron chi connectivity index (χ1n) is 16.4. The van der Waals surface area contributed by atoms with Gasteiger partial charge in [-0.25, -0.2) is 19.6 Å². The molecule has 0 aliphatic rings. The molecule has 0 aliphatic heterocycles. The van der Waals surface area contributed by atoms with E-state index >= 15 is 0 Å². The topological polar surface area (TPSA) is 108 Å². The lowest BCUT2D eigenvalue weighted by molar-refractivity contribution is -0.138. The van der Waals surface area contributed by atoms with E-state index in [2.05, 4.69) is 9.97 Å². The third-order valence-corrected chi connectivity index (χ3v) is 8.66. The molecule has 2 aromatic heterocycles. The maximum absolute atomic E-state index is 13.6. The number of hydrogen-bond acceptors (Lipinski definition) is 7. The van der Waals surface area contributed by atoms with Gasteiger partial charge in [0.25, 0.3) is 0 Å². The van der Waals surface area contributed by atoms with Crippen molar-refractivity contribution < 1.29 is 55.2 Å². The summed E-state index contributed by atoms with van der Waals surface area (Å²) >= 11 is 23.7. The van der Waals surface area contributed by atoms with Gasteiger partial charge in [0, 0.05) is 33.3 Å². The number of hydrogen-bond donors (Lipinski definition) is 1. The zero-order valence-corrected chi connectivity index (χ0v) is 32.3. The number of carboxylic acid groups (broad SMARTS) is 1. The van der Waals surface area contributed by atoms with Crippen molar-refractivity contribution in [1.82, 2.24) is 9.97 Å². The summed E-state index contributed by atoms with van der Waals surface area (Å²) in [7, 11) is 0. The van der Waals surface area contributed by atoms with Gasteiger partial charge < -0.3 is 19.3 Å². The highest BCUT2D eigenvalue weighted by Gasteiger charge is 2.36. The fourth-order valence-electron chi connectivity index (χ4n) is 5.04. The lowest BCUT2D eigenvalue weighted by Gasteiger charge is -2.15. The van der Waals surface area contributed by atoms with Crippen LogP contribution in [0.25, 0.3) is 22.5 Å². The third-order valence-electron chi connectivity index (χ3n) is 7.60. The zero-order chi connectivity index (χ0) is 42.4. The third kappa shape index (κ3) is 11.1. The van der Waals surface area contributed by atoms with Crippen molar-refractivity contribution in [2.24, 2.45) is 0 Å². The molecule has 1 N–H and O–H groups in total. The van der Waals surface area contributed by atoms with Gasteiger partial charge in [0.2, 0.25) is 11.8 Å². The second-order valence-corrected chi connectivity index (χ2v) is 13.3. The maximum atomic E-state index is 13.6. The summed E-state index contributed by atoms with van der Waals surface area (Å²) in [6, 6.07) is 23.3. The van der Waals surface area contributed by atoms with Gasteiger partial charge in [-0.2, -0.15) is 26.3 Å². The van der Waals surface area contributed by atoms with Crippen LogP contribution in [0.4, 0.5) is 26.3 Å². The molecular formula is C40H24Cl4F6N2O6. The fourth-order valence-corrected chi connectivity index (χ4v) is 5.94. The van der Waals surface area contributed by atoms with E-state index in [4.69, 9.17) is 65.7 Å². The smallest absolute Gasteiger partial charge is 0.418 e. The molecule has 300 valence electrons. The standard InChI is InChI=1S/C21H14Cl2F3NO3.C19H10Cl2F3NO3/c1-2-29-20(28)13-5-3-4-12(10-13)19-15(21(24,25)26)7-9-18(27-19)30-17-8-6-14(22)11-16(17)23;20-12-4-6-15(14(21)9-12)28-16-7-5-13(19(22,23)24)17(25-16)10-2-1-3-11(8-10)18(26)27/h3-11H,2H2,1H3;1-9H,(H,26,27). The van der Waals surface area contributed by atoms with E-state index in [9.17, 15) is 35.9 Å². The number of aromatic nitrogens is 2. The normalized spacial score (nSPS) is 11.3. The molecule has 0 amide bonds. The average molecular weight is 884 g/mol. The van der Waals surface area contributed by atoms with E-state index in [0.717, 1.165) is 30.3 Å². The predicted molar refractivity (Wildman–Crippen MR) is 205 cm³/mol. The number of halogens is 10. The van der Waals surface area contributed by atoms with Crippen molar-refractivity contribution in [3.63, 3.8) is 0 Å². The van der Waals surface area contributed by atoms with E-state index in [-0.39, 0.29) is 62.2 Å². The Hall–Kier alpha value is -5.54. The SMILES string of the molecule is CCOC(=O)c1cccc(-c2nc(Oc3ccc(Cl)cc3Cl)ccc2C(F)(F)F)c1.O=C(O)c1cccc(-c2nc(Oc3ccc(Cl)cc3Cl)ccc2C(F)(F)F)c1. The Morgan fingerprint density at radius 2 is 1.03 bits per heavy atom. The summed E-state index contributed by atoms with van der Waals surface area (Å²) in [4.78, 5) is 31.1. The van der Waals surface area contributed by atoms with Crippen LogP contribution < -0.4 is 9.47 Å². The molecule has 0 spiro atoms. The molecule has 0 fully saturated rings. The van der Waals surface area contributed by atoms with Crippen LogP contribution in [-0.4, -0.2) is 33.6 Å². The minimum Gasteiger partial charge on any atom is -0.478 e. The Labute approximate surface area is 345 Å². The molecule has 58 heavy (non-hydrogen) atoms. The molecule has 2 heterocycles. The van der Waals surface area contributed by atoms with Gasteiger partial charge in [-0.05, 0) is 79.7 Å². The second-order valence-electron chi connectivity index (χ2n) is 11.6. The van der Waals surface area contributed by atoms with Crippen molar-refractivity contribution in [1.29, 1.82) is 0 Å². The monoisotopic (exact) mass is 882 g/mol. The van der Waals surface area contributed by atoms with Gasteiger partial charge in [-0.3, -0.25) is 0 Å². The summed E-state index contributed by atoms with van der Waals surface area (Å²) < 4.78 is 96.9. The highest BCUT2D eigenvalue weighted by atomic mass is 35.5. The number of aromatic carboxylic acids is 1. The quantitative estimate of drug-likeness (QED) is 0.113. The molecule has 0 radical (unpaired) electrons. The van der Waals surface area contributed by atoms with Gasteiger partial charge in [0.15, 0.2) is 0 Å². The van der Waals surface area contributed by atoms with Crippen molar-refractivity contribution in [2.45, 2.75) is 19.3 Å². The molecule has 0 bridgehead atoms. The van der Waals surface area contributed by atoms with Crippen molar-refractivity contribution in [3.8, 4) is 45.8 Å². The highest BCUT2D eigenvalue weighted by Crippen LogP contribution is 2.41. The lowest BCUT2D eigenvalue weighted by Crippen LogP contribution is -2.10. The number of alkyl halides is 6. The molecular weight excluding hydrogens is 860 g/mol. The van der Waals surface area contributed by atoms with Gasteiger partial charge in [0.1, 0.15) is 11.5 Å². The Kier molecular flexibility index (Phi) is 13.8. The second kappa shape index (κ2) is 18.4. The Morgan fingerprint density at radius 1 is 0.603 bits per heavy atom. The van der Waals surface area contributed by atoms with E-state index in [1.54, 1.807) is 6.92 Å². The number of benzene rings is 4. The number of carboxylic acids is 1. The van der Waals surface area contributed by atoms with Gasteiger partial charge in [-0.15, -0.1) is 0 Å². The van der Waals surface area contributed by atoms with E-state index in [1.165, 1.54) is 78.9 Å². The van der Waals surface area contributed by atoms with E-state index < -0.39 is 46.8 Å². The molecule has 6 aromatic rings. The van der Waals surface area contributed by atoms with Crippen LogP contribution in [0.5, 0.6) is 23.3 Å². The molecule has 0 atom stereocenters. The van der Waals surface area contributed by atoms with Crippen LogP contribution in [-0.2, 0) is 17.1 Å². The van der Waals surface area contributed by atoms with Crippen molar-refractivity contribution >= 4 is 58.3 Å². The number of nitrogens with zero attached hydrogens (tertiary/aromatic N) is 2. The molecule has 4 aromatic carbocycles. The summed E-state index contributed by atoms with van der Waals surface area (Å²) in [5.41, 5.74) is -2.84. The zero-order valence-electron chi connectivity index (χ0n) is 29.3. The maximum Gasteiger partial charge on any atom is 0.418 e. The molecule has 6 rings (SSSR count). The Bertz CT molecular complexity index is 2480. The number of carbonyl (C=O) groups excluding carboxylic acids is 1. The fraction of sp³-hybridized carbons (Fsp3) is 0.100. The number of esters is 1. The lowest BCUT2D eigenvalue weighted by atomic mass is 10.0.